The molecular formula is C13H21N3O3. The van der Waals surface area contributed by atoms with Crippen molar-refractivity contribution in [2.75, 3.05) is 33.5 Å². The number of aryl methyl sites for hydroxylation is 2. The molecule has 1 heterocycles. The van der Waals surface area contributed by atoms with E-state index < -0.39 is 0 Å². The zero-order valence-corrected chi connectivity index (χ0v) is 11.7. The Labute approximate surface area is 113 Å². The van der Waals surface area contributed by atoms with Crippen molar-refractivity contribution >= 4 is 5.84 Å². The highest BCUT2D eigenvalue weighted by Crippen LogP contribution is 2.20. The number of methoxy groups -OCH3 is 1. The summed E-state index contributed by atoms with van der Waals surface area (Å²) in [4.78, 5) is 4.27. The lowest BCUT2D eigenvalue weighted by Crippen LogP contribution is -2.18. The van der Waals surface area contributed by atoms with Gasteiger partial charge in [0.2, 0.25) is 5.88 Å². The van der Waals surface area contributed by atoms with Crippen LogP contribution in [0.25, 0.3) is 0 Å². The summed E-state index contributed by atoms with van der Waals surface area (Å²) in [6.07, 6.45) is 0. The number of rotatable bonds is 8. The molecule has 19 heavy (non-hydrogen) atoms. The van der Waals surface area contributed by atoms with Gasteiger partial charge in [-0.3, -0.25) is 5.41 Å². The Balaban J connectivity index is 2.59. The first-order chi connectivity index (χ1) is 9.06. The molecule has 106 valence electrons. The van der Waals surface area contributed by atoms with E-state index in [0.717, 1.165) is 11.3 Å². The molecule has 0 aliphatic carbocycles. The Morgan fingerprint density at radius 2 is 1.95 bits per heavy atom. The lowest BCUT2D eigenvalue weighted by Gasteiger charge is -2.13. The number of amidine groups is 1. The van der Waals surface area contributed by atoms with Gasteiger partial charge in [0.15, 0.2) is 0 Å². The summed E-state index contributed by atoms with van der Waals surface area (Å²) >= 11 is 0. The third-order valence-electron chi connectivity index (χ3n) is 2.48. The molecule has 1 rings (SSSR count). The Morgan fingerprint density at radius 1 is 1.26 bits per heavy atom. The molecule has 0 aromatic carbocycles. The lowest BCUT2D eigenvalue weighted by atomic mass is 10.1. The van der Waals surface area contributed by atoms with Gasteiger partial charge < -0.3 is 19.9 Å². The molecular weight excluding hydrogens is 246 g/mol. The van der Waals surface area contributed by atoms with E-state index in [1.165, 1.54) is 0 Å². The Bertz CT molecular complexity index is 435. The zero-order chi connectivity index (χ0) is 14.3. The van der Waals surface area contributed by atoms with Crippen molar-refractivity contribution in [3.63, 3.8) is 0 Å². The number of nitrogens with one attached hydrogen (secondary N) is 1. The molecule has 1 aromatic heterocycles. The molecule has 0 aliphatic heterocycles. The third kappa shape index (κ3) is 4.84. The molecule has 6 nitrogen and oxygen atoms in total. The van der Waals surface area contributed by atoms with Crippen molar-refractivity contribution < 1.29 is 14.2 Å². The summed E-state index contributed by atoms with van der Waals surface area (Å²) in [6.45, 7) is 5.64. The zero-order valence-electron chi connectivity index (χ0n) is 11.7. The van der Waals surface area contributed by atoms with Crippen molar-refractivity contribution in [2.24, 2.45) is 5.73 Å². The number of nitrogens with two attached hydrogens (primary N) is 1. The van der Waals surface area contributed by atoms with Crippen LogP contribution in [0.2, 0.25) is 0 Å². The van der Waals surface area contributed by atoms with Crippen molar-refractivity contribution in [2.45, 2.75) is 13.8 Å². The second-order valence-corrected chi connectivity index (χ2v) is 4.13. The van der Waals surface area contributed by atoms with Crippen LogP contribution in [0.5, 0.6) is 5.88 Å². The summed E-state index contributed by atoms with van der Waals surface area (Å²) < 4.78 is 15.7. The Kier molecular flexibility index (Phi) is 6.24. The average molecular weight is 267 g/mol. The summed E-state index contributed by atoms with van der Waals surface area (Å²) in [6, 6.07) is 1.87. The van der Waals surface area contributed by atoms with Crippen LogP contribution in [0.3, 0.4) is 0 Å². The Hall–Kier alpha value is -1.66. The van der Waals surface area contributed by atoms with Gasteiger partial charge in [-0.15, -0.1) is 0 Å². The second kappa shape index (κ2) is 7.70. The number of pyridine rings is 1. The molecule has 0 radical (unpaired) electrons. The van der Waals surface area contributed by atoms with Gasteiger partial charge >= 0.3 is 0 Å². The van der Waals surface area contributed by atoms with Gasteiger partial charge in [-0.1, -0.05) is 0 Å². The summed E-state index contributed by atoms with van der Waals surface area (Å²) in [5, 5.41) is 7.57. The highest BCUT2D eigenvalue weighted by Gasteiger charge is 2.12. The summed E-state index contributed by atoms with van der Waals surface area (Å²) in [7, 11) is 1.62. The standard InChI is InChI=1S/C13H21N3O3/c1-9-8-10(2)16-13(11(9)12(14)15)19-7-6-18-5-4-17-3/h8H,4-7H2,1-3H3,(H3,14,15). The van der Waals surface area contributed by atoms with Crippen LogP contribution in [0.15, 0.2) is 6.07 Å². The van der Waals surface area contributed by atoms with Crippen molar-refractivity contribution in [3.8, 4) is 5.88 Å². The van der Waals surface area contributed by atoms with Crippen molar-refractivity contribution in [1.82, 2.24) is 4.98 Å². The van der Waals surface area contributed by atoms with E-state index in [1.807, 2.05) is 19.9 Å². The van der Waals surface area contributed by atoms with Gasteiger partial charge in [0, 0.05) is 12.8 Å². The molecule has 0 aliphatic rings. The van der Waals surface area contributed by atoms with Gasteiger partial charge in [-0.25, -0.2) is 4.98 Å². The molecule has 0 saturated carbocycles. The maximum Gasteiger partial charge on any atom is 0.225 e. The van der Waals surface area contributed by atoms with Crippen molar-refractivity contribution in [3.05, 3.63) is 22.9 Å². The van der Waals surface area contributed by atoms with Crippen LogP contribution >= 0.6 is 0 Å². The molecule has 0 unspecified atom stereocenters. The first kappa shape index (κ1) is 15.4. The quantitative estimate of drug-likeness (QED) is 0.417. The smallest absolute Gasteiger partial charge is 0.225 e. The average Bonchev–Trinajstić information content (AvgIpc) is 2.32. The minimum Gasteiger partial charge on any atom is -0.475 e. The highest BCUT2D eigenvalue weighted by atomic mass is 16.5. The normalized spacial score (nSPS) is 10.5. The fourth-order valence-electron chi connectivity index (χ4n) is 1.68. The second-order valence-electron chi connectivity index (χ2n) is 4.13. The minimum atomic E-state index is -0.0414. The van der Waals surface area contributed by atoms with Crippen LogP contribution in [0, 0.1) is 19.3 Å². The van der Waals surface area contributed by atoms with E-state index in [4.69, 9.17) is 25.4 Å². The monoisotopic (exact) mass is 267 g/mol. The number of nitrogen functional groups attached to an aromatic ring is 1. The topological polar surface area (TPSA) is 90.5 Å². The molecule has 6 heteroatoms. The number of hydrogen-bond acceptors (Lipinski definition) is 5. The summed E-state index contributed by atoms with van der Waals surface area (Å²) in [5.74, 6) is 0.348. The minimum absolute atomic E-state index is 0.0414. The van der Waals surface area contributed by atoms with E-state index >= 15 is 0 Å². The summed E-state index contributed by atoms with van der Waals surface area (Å²) in [5.41, 5.74) is 7.81. The molecule has 0 atom stereocenters. The van der Waals surface area contributed by atoms with Gasteiger partial charge in [0.1, 0.15) is 12.4 Å². The SMILES string of the molecule is COCCOCCOc1nc(C)cc(C)c1C(=N)N. The van der Waals surface area contributed by atoms with E-state index in [9.17, 15) is 0 Å². The first-order valence-electron chi connectivity index (χ1n) is 6.08. The number of ether oxygens (including phenoxy) is 3. The van der Waals surface area contributed by atoms with E-state index in [2.05, 4.69) is 4.98 Å². The van der Waals surface area contributed by atoms with E-state index in [-0.39, 0.29) is 5.84 Å². The molecule has 0 bridgehead atoms. The third-order valence-corrected chi connectivity index (χ3v) is 2.48. The number of hydrogen-bond donors (Lipinski definition) is 2. The predicted molar refractivity (Wildman–Crippen MR) is 72.9 cm³/mol. The molecule has 0 fully saturated rings. The first-order valence-corrected chi connectivity index (χ1v) is 6.08. The maximum absolute atomic E-state index is 7.57. The van der Waals surface area contributed by atoms with Crippen LogP contribution in [0.1, 0.15) is 16.8 Å². The number of aromatic nitrogens is 1. The Morgan fingerprint density at radius 3 is 2.58 bits per heavy atom. The lowest BCUT2D eigenvalue weighted by molar-refractivity contribution is 0.0536. The fraction of sp³-hybridized carbons (Fsp3) is 0.538. The highest BCUT2D eigenvalue weighted by molar-refractivity contribution is 5.98. The largest absolute Gasteiger partial charge is 0.475 e. The van der Waals surface area contributed by atoms with Gasteiger partial charge in [0.25, 0.3) is 0 Å². The molecule has 3 N–H and O–H groups in total. The molecule has 0 amide bonds. The van der Waals surface area contributed by atoms with Crippen LogP contribution < -0.4 is 10.5 Å². The van der Waals surface area contributed by atoms with Gasteiger partial charge in [-0.05, 0) is 25.5 Å². The van der Waals surface area contributed by atoms with E-state index in [1.54, 1.807) is 7.11 Å². The van der Waals surface area contributed by atoms with Crippen LogP contribution in [-0.4, -0.2) is 44.4 Å². The maximum atomic E-state index is 7.57. The molecule has 1 aromatic rings. The molecule has 0 saturated heterocycles. The van der Waals surface area contributed by atoms with Crippen LogP contribution in [0.4, 0.5) is 0 Å². The predicted octanol–water partition coefficient (Wildman–Crippen LogP) is 1.02. The van der Waals surface area contributed by atoms with Gasteiger partial charge in [0.05, 0.1) is 25.4 Å². The molecule has 0 spiro atoms. The van der Waals surface area contributed by atoms with E-state index in [0.29, 0.717) is 37.9 Å². The van der Waals surface area contributed by atoms with Crippen molar-refractivity contribution in [1.29, 1.82) is 5.41 Å². The fourth-order valence-corrected chi connectivity index (χ4v) is 1.68. The number of nitrogens with zero attached hydrogens (tertiary/aromatic N) is 1. The van der Waals surface area contributed by atoms with Crippen LogP contribution in [-0.2, 0) is 9.47 Å². The van der Waals surface area contributed by atoms with Gasteiger partial charge in [-0.2, -0.15) is 0 Å².